The standard InChI is InChI=1S/C15H15BrN4/c1-9-19-14-4-2-10(6-15(14)20-9)8-18-13-5-3-11(16)7-12(13)17/h2-7,18H,8,17H2,1H3,(H,19,20). The van der Waals surface area contributed by atoms with Crippen molar-refractivity contribution in [2.24, 2.45) is 0 Å². The molecule has 5 heteroatoms. The first kappa shape index (κ1) is 13.0. The third-order valence-electron chi connectivity index (χ3n) is 3.16. The summed E-state index contributed by atoms with van der Waals surface area (Å²) < 4.78 is 0.981. The van der Waals surface area contributed by atoms with Gasteiger partial charge in [0, 0.05) is 11.0 Å². The van der Waals surface area contributed by atoms with Crippen LogP contribution in [0.2, 0.25) is 0 Å². The number of aryl methyl sites for hydroxylation is 1. The number of rotatable bonds is 3. The van der Waals surface area contributed by atoms with E-state index in [4.69, 9.17) is 5.73 Å². The monoisotopic (exact) mass is 330 g/mol. The largest absolute Gasteiger partial charge is 0.397 e. The maximum absolute atomic E-state index is 5.97. The lowest BCUT2D eigenvalue weighted by atomic mass is 10.2. The fourth-order valence-electron chi connectivity index (χ4n) is 2.19. The molecule has 1 aromatic heterocycles. The van der Waals surface area contributed by atoms with Gasteiger partial charge in [0.1, 0.15) is 5.82 Å². The van der Waals surface area contributed by atoms with E-state index in [2.05, 4.69) is 43.3 Å². The molecule has 4 nitrogen and oxygen atoms in total. The molecule has 0 bridgehead atoms. The third kappa shape index (κ3) is 2.63. The van der Waals surface area contributed by atoms with Crippen molar-refractivity contribution in [1.29, 1.82) is 0 Å². The number of fused-ring (bicyclic) bond motifs is 1. The van der Waals surface area contributed by atoms with E-state index < -0.39 is 0 Å². The van der Waals surface area contributed by atoms with Crippen molar-refractivity contribution in [3.63, 3.8) is 0 Å². The van der Waals surface area contributed by atoms with E-state index >= 15 is 0 Å². The number of nitrogens with one attached hydrogen (secondary N) is 2. The van der Waals surface area contributed by atoms with Crippen LogP contribution in [-0.2, 0) is 6.54 Å². The van der Waals surface area contributed by atoms with E-state index in [9.17, 15) is 0 Å². The highest BCUT2D eigenvalue weighted by Gasteiger charge is 2.03. The number of hydrogen-bond acceptors (Lipinski definition) is 3. The second-order valence-corrected chi connectivity index (χ2v) is 5.67. The Kier molecular flexibility index (Phi) is 3.36. The van der Waals surface area contributed by atoms with Crippen molar-refractivity contribution >= 4 is 38.3 Å². The Morgan fingerprint density at radius 3 is 2.90 bits per heavy atom. The molecule has 0 unspecified atom stereocenters. The lowest BCUT2D eigenvalue weighted by Crippen LogP contribution is -2.02. The lowest BCUT2D eigenvalue weighted by Gasteiger charge is -2.09. The molecule has 4 N–H and O–H groups in total. The molecule has 0 saturated heterocycles. The van der Waals surface area contributed by atoms with Gasteiger partial charge in [0.2, 0.25) is 0 Å². The van der Waals surface area contributed by atoms with Crippen molar-refractivity contribution in [3.05, 3.63) is 52.3 Å². The van der Waals surface area contributed by atoms with E-state index in [0.29, 0.717) is 0 Å². The summed E-state index contributed by atoms with van der Waals surface area (Å²) in [6.45, 7) is 2.68. The lowest BCUT2D eigenvalue weighted by molar-refractivity contribution is 1.15. The van der Waals surface area contributed by atoms with Gasteiger partial charge in [0.25, 0.3) is 0 Å². The number of nitrogen functional groups attached to an aromatic ring is 1. The summed E-state index contributed by atoms with van der Waals surface area (Å²) in [5.74, 6) is 0.933. The molecule has 0 atom stereocenters. The zero-order valence-electron chi connectivity index (χ0n) is 11.1. The summed E-state index contributed by atoms with van der Waals surface area (Å²) in [7, 11) is 0. The molecule has 0 spiro atoms. The number of anilines is 2. The highest BCUT2D eigenvalue weighted by Crippen LogP contribution is 2.24. The fraction of sp³-hybridized carbons (Fsp3) is 0.133. The second-order valence-electron chi connectivity index (χ2n) is 4.76. The summed E-state index contributed by atoms with van der Waals surface area (Å²) in [6.07, 6.45) is 0. The fourth-order valence-corrected chi connectivity index (χ4v) is 2.56. The Bertz CT molecular complexity index is 764. The van der Waals surface area contributed by atoms with Crippen LogP contribution in [0.15, 0.2) is 40.9 Å². The molecule has 3 rings (SSSR count). The molecular formula is C15H15BrN4. The van der Waals surface area contributed by atoms with Crippen molar-refractivity contribution in [2.75, 3.05) is 11.1 Å². The summed E-state index contributed by atoms with van der Waals surface area (Å²) in [5.41, 5.74) is 10.9. The highest BCUT2D eigenvalue weighted by molar-refractivity contribution is 9.10. The molecule has 0 radical (unpaired) electrons. The number of aromatic amines is 1. The van der Waals surface area contributed by atoms with Crippen LogP contribution < -0.4 is 11.1 Å². The van der Waals surface area contributed by atoms with Gasteiger partial charge >= 0.3 is 0 Å². The molecule has 0 saturated carbocycles. The van der Waals surface area contributed by atoms with Gasteiger partial charge in [-0.15, -0.1) is 0 Å². The summed E-state index contributed by atoms with van der Waals surface area (Å²) in [5, 5.41) is 3.35. The quantitative estimate of drug-likeness (QED) is 0.639. The van der Waals surface area contributed by atoms with Crippen molar-refractivity contribution in [1.82, 2.24) is 9.97 Å². The predicted octanol–water partition coefficient (Wildman–Crippen LogP) is 3.83. The molecule has 0 aliphatic heterocycles. The van der Waals surface area contributed by atoms with Crippen molar-refractivity contribution in [2.45, 2.75) is 13.5 Å². The minimum absolute atomic E-state index is 0.722. The number of halogens is 1. The molecule has 0 aliphatic rings. The highest BCUT2D eigenvalue weighted by atomic mass is 79.9. The molecule has 1 heterocycles. The van der Waals surface area contributed by atoms with Crippen LogP contribution in [0.3, 0.4) is 0 Å². The van der Waals surface area contributed by atoms with E-state index in [1.54, 1.807) is 0 Å². The number of benzene rings is 2. The van der Waals surface area contributed by atoms with Crippen molar-refractivity contribution < 1.29 is 0 Å². The summed E-state index contributed by atoms with van der Waals surface area (Å²) >= 11 is 3.40. The molecule has 3 aromatic rings. The molecule has 102 valence electrons. The van der Waals surface area contributed by atoms with E-state index in [1.807, 2.05) is 31.2 Å². The molecule has 0 aliphatic carbocycles. The normalized spacial score (nSPS) is 10.9. The third-order valence-corrected chi connectivity index (χ3v) is 3.65. The number of imidazole rings is 1. The van der Waals surface area contributed by atoms with Gasteiger partial charge < -0.3 is 16.0 Å². The van der Waals surface area contributed by atoms with Gasteiger partial charge in [-0.05, 0) is 42.8 Å². The molecular weight excluding hydrogens is 316 g/mol. The number of aromatic nitrogens is 2. The smallest absolute Gasteiger partial charge is 0.104 e. The van der Waals surface area contributed by atoms with Gasteiger partial charge in [-0.25, -0.2) is 4.98 Å². The van der Waals surface area contributed by atoms with Crippen LogP contribution in [0.4, 0.5) is 11.4 Å². The topological polar surface area (TPSA) is 66.7 Å². The predicted molar refractivity (Wildman–Crippen MR) is 86.7 cm³/mol. The zero-order chi connectivity index (χ0) is 14.1. The molecule has 2 aromatic carbocycles. The number of H-pyrrole nitrogens is 1. The first-order valence-electron chi connectivity index (χ1n) is 6.36. The number of nitrogens with two attached hydrogens (primary N) is 1. The molecule has 0 fully saturated rings. The molecule has 20 heavy (non-hydrogen) atoms. The summed E-state index contributed by atoms with van der Waals surface area (Å²) in [6, 6.07) is 12.0. The minimum Gasteiger partial charge on any atom is -0.397 e. The van der Waals surface area contributed by atoms with Crippen molar-refractivity contribution in [3.8, 4) is 0 Å². The Morgan fingerprint density at radius 2 is 2.10 bits per heavy atom. The van der Waals surface area contributed by atoms with Crippen LogP contribution in [-0.4, -0.2) is 9.97 Å². The van der Waals surface area contributed by atoms with Crippen LogP contribution in [0.1, 0.15) is 11.4 Å². The average molecular weight is 331 g/mol. The SMILES string of the molecule is Cc1nc2ccc(CNc3ccc(Br)cc3N)cc2[nH]1. The summed E-state index contributed by atoms with van der Waals surface area (Å²) in [4.78, 5) is 7.64. The Morgan fingerprint density at radius 1 is 1.25 bits per heavy atom. The van der Waals surface area contributed by atoms with E-state index in [1.165, 1.54) is 5.56 Å². The molecule has 0 amide bonds. The van der Waals surface area contributed by atoms with Crippen LogP contribution >= 0.6 is 15.9 Å². The van der Waals surface area contributed by atoms with Gasteiger partial charge in [-0.3, -0.25) is 0 Å². The Labute approximate surface area is 125 Å². The minimum atomic E-state index is 0.722. The first-order chi connectivity index (χ1) is 9.61. The number of hydrogen-bond donors (Lipinski definition) is 3. The van der Waals surface area contributed by atoms with E-state index in [0.717, 1.165) is 39.3 Å². The van der Waals surface area contributed by atoms with Crippen LogP contribution in [0.5, 0.6) is 0 Å². The van der Waals surface area contributed by atoms with Gasteiger partial charge in [0.15, 0.2) is 0 Å². The average Bonchev–Trinajstić information content (AvgIpc) is 2.77. The first-order valence-corrected chi connectivity index (χ1v) is 7.15. The maximum atomic E-state index is 5.97. The van der Waals surface area contributed by atoms with Gasteiger partial charge in [0.05, 0.1) is 22.4 Å². The maximum Gasteiger partial charge on any atom is 0.104 e. The number of nitrogens with zero attached hydrogens (tertiary/aromatic N) is 1. The Balaban J connectivity index is 1.79. The van der Waals surface area contributed by atoms with Crippen LogP contribution in [0.25, 0.3) is 11.0 Å². The Hall–Kier alpha value is -2.01. The second kappa shape index (κ2) is 5.17. The van der Waals surface area contributed by atoms with Crippen LogP contribution in [0, 0.1) is 6.92 Å². The van der Waals surface area contributed by atoms with Gasteiger partial charge in [-0.1, -0.05) is 22.0 Å². The zero-order valence-corrected chi connectivity index (χ0v) is 12.7. The van der Waals surface area contributed by atoms with Gasteiger partial charge in [-0.2, -0.15) is 0 Å². The van der Waals surface area contributed by atoms with E-state index in [-0.39, 0.29) is 0 Å².